The molecule has 0 heterocycles. The number of hydrogen-bond acceptors (Lipinski definition) is 3. The summed E-state index contributed by atoms with van der Waals surface area (Å²) in [6, 6.07) is 36.8. The van der Waals surface area contributed by atoms with Gasteiger partial charge >= 0.3 is 0 Å². The van der Waals surface area contributed by atoms with Gasteiger partial charge in [0, 0.05) is 6.07 Å². The van der Waals surface area contributed by atoms with Crippen LogP contribution in [-0.4, -0.2) is 21.3 Å². The molecule has 0 unspecified atom stereocenters. The highest BCUT2D eigenvalue weighted by Crippen LogP contribution is 2.31. The van der Waals surface area contributed by atoms with E-state index in [9.17, 15) is 0 Å². The van der Waals surface area contributed by atoms with E-state index in [2.05, 4.69) is 243 Å². The summed E-state index contributed by atoms with van der Waals surface area (Å²) in [6.45, 7) is 62.1. The molecule has 0 amide bonds. The van der Waals surface area contributed by atoms with E-state index < -0.39 is 0 Å². The molecule has 0 saturated carbocycles. The lowest BCUT2D eigenvalue weighted by atomic mass is 9.86. The topological polar surface area (TPSA) is 27.7 Å². The normalized spacial score (nSPS) is 10.5. The van der Waals surface area contributed by atoms with Crippen LogP contribution in [0.5, 0.6) is 17.2 Å². The first-order chi connectivity index (χ1) is 35.1. The minimum absolute atomic E-state index is 0. The molecule has 0 atom stereocenters. The summed E-state index contributed by atoms with van der Waals surface area (Å²) in [7, 11) is 5.09. The molecule has 0 radical (unpaired) electrons. The first-order valence-electron chi connectivity index (χ1n) is 28.8. The second-order valence-corrected chi connectivity index (χ2v) is 25.3. The Balaban J connectivity index is -0.000000268. The molecule has 5 aromatic carbocycles. The Morgan fingerprint density at radius 1 is 0.364 bits per heavy atom. The lowest BCUT2D eigenvalue weighted by Gasteiger charge is -2.20. The van der Waals surface area contributed by atoms with Gasteiger partial charge in [0.15, 0.2) is 0 Å². The largest absolute Gasteiger partial charge is 0.497 e. The van der Waals surface area contributed by atoms with Crippen molar-refractivity contribution in [2.75, 3.05) is 21.3 Å². The van der Waals surface area contributed by atoms with E-state index in [0.717, 1.165) is 49.4 Å². The van der Waals surface area contributed by atoms with Crippen molar-refractivity contribution < 1.29 is 14.2 Å². The first-order valence-corrected chi connectivity index (χ1v) is 28.8. The van der Waals surface area contributed by atoms with Crippen LogP contribution in [0.25, 0.3) is 0 Å². The number of benzene rings is 5. The van der Waals surface area contributed by atoms with E-state index in [1.807, 2.05) is 59.8 Å². The summed E-state index contributed by atoms with van der Waals surface area (Å²) in [5.41, 5.74) is 15.4. The predicted molar refractivity (Wildman–Crippen MR) is 353 cm³/mol. The Kier molecular flexibility index (Phi) is 44.5. The summed E-state index contributed by atoms with van der Waals surface area (Å²) >= 11 is 0. The molecular formula is C74H126O3. The molecule has 5 aromatic rings. The highest BCUT2D eigenvalue weighted by Gasteiger charge is 2.16. The van der Waals surface area contributed by atoms with Crippen molar-refractivity contribution in [1.82, 2.24) is 0 Å². The summed E-state index contributed by atoms with van der Waals surface area (Å²) < 4.78 is 15.8. The van der Waals surface area contributed by atoms with E-state index in [0.29, 0.717) is 21.7 Å². The monoisotopic (exact) mass is 1060 g/mol. The SMILES string of the molecule is C.C=CCC.CC.CC.CC.COc1cc(CC(C)(C)C)ccc1C.COc1ccc(CC(C)(C)C)c(OC)c1.Cc1ccc(CC(C)(C)C)c(C)c1.Cc1ccc(CC(C)(C)C)cc1.Cc1ccc(CC(C)(C)C)cc1. The second-order valence-electron chi connectivity index (χ2n) is 25.3. The molecule has 0 spiro atoms. The van der Waals surface area contributed by atoms with Gasteiger partial charge in [-0.15, -0.1) is 6.58 Å². The maximum atomic E-state index is 5.35. The molecule has 0 N–H and O–H groups in total. The summed E-state index contributed by atoms with van der Waals surface area (Å²) in [6.07, 6.45) is 8.53. The lowest BCUT2D eigenvalue weighted by Crippen LogP contribution is -2.10. The van der Waals surface area contributed by atoms with Crippen molar-refractivity contribution in [3.05, 3.63) is 171 Å². The third-order valence-corrected chi connectivity index (χ3v) is 10.6. The Labute approximate surface area is 481 Å². The van der Waals surface area contributed by atoms with E-state index in [4.69, 9.17) is 14.2 Å². The van der Waals surface area contributed by atoms with Gasteiger partial charge in [0.2, 0.25) is 0 Å². The average Bonchev–Trinajstić information content (AvgIpc) is 3.33. The van der Waals surface area contributed by atoms with Crippen LogP contribution in [0, 0.1) is 61.7 Å². The van der Waals surface area contributed by atoms with E-state index in [1.54, 1.807) is 21.3 Å². The van der Waals surface area contributed by atoms with Gasteiger partial charge in [-0.05, 0) is 151 Å². The van der Waals surface area contributed by atoms with Gasteiger partial charge < -0.3 is 14.2 Å². The Bertz CT molecular complexity index is 2130. The van der Waals surface area contributed by atoms with Gasteiger partial charge in [0.1, 0.15) is 17.2 Å². The van der Waals surface area contributed by atoms with Crippen LogP contribution in [0.3, 0.4) is 0 Å². The van der Waals surface area contributed by atoms with Gasteiger partial charge in [-0.3, -0.25) is 0 Å². The van der Waals surface area contributed by atoms with Crippen LogP contribution in [0.15, 0.2) is 116 Å². The Morgan fingerprint density at radius 3 is 1.01 bits per heavy atom. The molecule has 0 aromatic heterocycles. The standard InChI is InChI=1S/C13H20O2.C13H20O.C13H20.2C12H18.C4H8.3C2H6.CH4/c1-13(2,3)9-10-6-7-11(14-4)8-12(10)15-5;1-10-6-7-11(8-12(10)14-5)9-13(2,3)4;1-10-6-7-12(11(2)8-10)9-13(3,4)5;2*1-10-5-7-11(8-6-10)9-12(2,3)4;1-3-4-2;3*1-2;/h6-8H,9H2,1-5H3;6-8H,9H2,1-5H3;6-8H,9H2,1-5H3;2*5-8H,9H2,1-4H3;3H,1,4H2,2H3;3*1-2H3;1H4. The smallest absolute Gasteiger partial charge is 0.125 e. The Hall–Kier alpha value is -4.76. The van der Waals surface area contributed by atoms with Crippen molar-refractivity contribution in [3.63, 3.8) is 0 Å². The fourth-order valence-electron chi connectivity index (χ4n) is 7.41. The van der Waals surface area contributed by atoms with Crippen molar-refractivity contribution in [2.24, 2.45) is 27.1 Å². The zero-order valence-corrected chi connectivity index (χ0v) is 55.6. The molecule has 0 aliphatic rings. The number of aryl methyl sites for hydroxylation is 5. The molecule has 5 rings (SSSR count). The Morgan fingerprint density at radius 2 is 0.688 bits per heavy atom. The molecule has 440 valence electrons. The molecular weight excluding hydrogens is 937 g/mol. The maximum Gasteiger partial charge on any atom is 0.125 e. The zero-order valence-electron chi connectivity index (χ0n) is 55.6. The summed E-state index contributed by atoms with van der Waals surface area (Å²) in [4.78, 5) is 0. The van der Waals surface area contributed by atoms with Gasteiger partial charge in [-0.25, -0.2) is 0 Å². The third-order valence-electron chi connectivity index (χ3n) is 10.6. The van der Waals surface area contributed by atoms with Gasteiger partial charge in [0.05, 0.1) is 21.3 Å². The third kappa shape index (κ3) is 45.9. The van der Waals surface area contributed by atoms with Crippen LogP contribution >= 0.6 is 0 Å². The van der Waals surface area contributed by atoms with Crippen molar-refractivity contribution >= 4 is 0 Å². The highest BCUT2D eigenvalue weighted by atomic mass is 16.5. The van der Waals surface area contributed by atoms with Crippen LogP contribution in [-0.2, 0) is 32.1 Å². The number of methoxy groups -OCH3 is 3. The van der Waals surface area contributed by atoms with Gasteiger partial charge in [-0.2, -0.15) is 0 Å². The quantitative estimate of drug-likeness (QED) is 0.138. The van der Waals surface area contributed by atoms with Gasteiger partial charge in [-0.1, -0.05) is 267 Å². The second kappa shape index (κ2) is 42.2. The highest BCUT2D eigenvalue weighted by molar-refractivity contribution is 5.41. The molecule has 0 fully saturated rings. The van der Waals surface area contributed by atoms with E-state index >= 15 is 0 Å². The van der Waals surface area contributed by atoms with Crippen LogP contribution in [0.1, 0.15) is 222 Å². The van der Waals surface area contributed by atoms with Crippen LogP contribution < -0.4 is 14.2 Å². The number of allylic oxidation sites excluding steroid dienone is 1. The fourth-order valence-corrected chi connectivity index (χ4v) is 7.41. The first kappa shape index (κ1) is 81.1. The molecule has 0 saturated heterocycles. The van der Waals surface area contributed by atoms with Crippen molar-refractivity contribution in [2.45, 2.75) is 233 Å². The average molecular weight is 1060 g/mol. The number of ether oxygens (including phenoxy) is 3. The van der Waals surface area contributed by atoms with Crippen LogP contribution in [0.2, 0.25) is 0 Å². The van der Waals surface area contributed by atoms with Gasteiger partial charge in [0.25, 0.3) is 0 Å². The zero-order chi connectivity index (χ0) is 60.1. The lowest BCUT2D eigenvalue weighted by molar-refractivity contribution is 0.371. The number of rotatable bonds is 9. The maximum absolute atomic E-state index is 5.35. The van der Waals surface area contributed by atoms with Crippen molar-refractivity contribution in [3.8, 4) is 17.2 Å². The summed E-state index contributed by atoms with van der Waals surface area (Å²) in [5, 5.41) is 0. The van der Waals surface area contributed by atoms with E-state index in [1.165, 1.54) is 62.1 Å². The molecule has 3 nitrogen and oxygen atoms in total. The van der Waals surface area contributed by atoms with Crippen molar-refractivity contribution in [1.29, 1.82) is 0 Å². The molecule has 0 bridgehead atoms. The number of hydrogen-bond donors (Lipinski definition) is 0. The minimum Gasteiger partial charge on any atom is -0.497 e. The fraction of sp³-hybridized carbons (Fsp3) is 0.568. The minimum atomic E-state index is 0. The van der Waals surface area contributed by atoms with E-state index in [-0.39, 0.29) is 12.8 Å². The molecule has 0 aliphatic carbocycles. The van der Waals surface area contributed by atoms with Crippen LogP contribution in [0.4, 0.5) is 0 Å². The molecule has 0 aliphatic heterocycles. The molecule has 77 heavy (non-hydrogen) atoms. The molecule has 3 heteroatoms. The summed E-state index contributed by atoms with van der Waals surface area (Å²) in [5.74, 6) is 2.74. The predicted octanol–water partition coefficient (Wildman–Crippen LogP) is 23.2.